The highest BCUT2D eigenvalue weighted by Crippen LogP contribution is 2.17. The van der Waals surface area contributed by atoms with Crippen LogP contribution in [0.5, 0.6) is 0 Å². The molecule has 28 heavy (non-hydrogen) atoms. The molecular weight excluding hydrogens is 368 g/mol. The monoisotopic (exact) mass is 387 g/mol. The molecule has 1 aliphatic heterocycles. The second kappa shape index (κ2) is 8.16. The van der Waals surface area contributed by atoms with E-state index < -0.39 is 29.4 Å². The SMILES string of the molecule is CCN1CCN(Cc2ccc(C(=O)Nc3ccc(F)cc3F)cc2)C(=O)C1=O. The predicted molar refractivity (Wildman–Crippen MR) is 98.4 cm³/mol. The Balaban J connectivity index is 1.64. The number of piperazine rings is 1. The molecule has 2 aromatic carbocycles. The highest BCUT2D eigenvalue weighted by Gasteiger charge is 2.31. The standard InChI is InChI=1S/C20H19F2N3O3/c1-2-24-9-10-25(20(28)19(24)27)12-13-3-5-14(6-4-13)18(26)23-17-8-7-15(21)11-16(17)22/h3-8,11H,2,9-10,12H2,1H3,(H,23,26). The van der Waals surface area contributed by atoms with E-state index in [1.54, 1.807) is 24.3 Å². The van der Waals surface area contributed by atoms with Gasteiger partial charge in [-0.05, 0) is 36.8 Å². The summed E-state index contributed by atoms with van der Waals surface area (Å²) in [5.74, 6) is -3.18. The van der Waals surface area contributed by atoms with Crippen LogP contribution >= 0.6 is 0 Å². The minimum atomic E-state index is -0.862. The molecule has 0 aromatic heterocycles. The number of anilines is 1. The number of benzene rings is 2. The van der Waals surface area contributed by atoms with Crippen molar-refractivity contribution in [2.45, 2.75) is 13.5 Å². The first-order chi connectivity index (χ1) is 13.4. The molecular formula is C20H19F2N3O3. The Morgan fingerprint density at radius 2 is 1.64 bits per heavy atom. The number of hydrogen-bond donors (Lipinski definition) is 1. The number of rotatable bonds is 5. The number of nitrogens with zero attached hydrogens (tertiary/aromatic N) is 2. The predicted octanol–water partition coefficient (Wildman–Crippen LogP) is 2.41. The van der Waals surface area contributed by atoms with Gasteiger partial charge >= 0.3 is 11.8 Å². The molecule has 146 valence electrons. The summed E-state index contributed by atoms with van der Waals surface area (Å²) in [6, 6.07) is 9.31. The molecule has 1 aliphatic rings. The molecule has 0 spiro atoms. The van der Waals surface area contributed by atoms with E-state index in [-0.39, 0.29) is 17.8 Å². The van der Waals surface area contributed by atoms with E-state index in [2.05, 4.69) is 5.32 Å². The maximum absolute atomic E-state index is 13.6. The molecule has 0 bridgehead atoms. The minimum Gasteiger partial charge on any atom is -0.333 e. The molecule has 6 nitrogen and oxygen atoms in total. The summed E-state index contributed by atoms with van der Waals surface area (Å²) in [6.45, 7) is 3.52. The van der Waals surface area contributed by atoms with Crippen LogP contribution < -0.4 is 5.32 Å². The summed E-state index contributed by atoms with van der Waals surface area (Å²) in [7, 11) is 0. The van der Waals surface area contributed by atoms with Crippen LogP contribution in [-0.2, 0) is 16.1 Å². The maximum Gasteiger partial charge on any atom is 0.312 e. The van der Waals surface area contributed by atoms with Crippen LogP contribution in [0.3, 0.4) is 0 Å². The minimum absolute atomic E-state index is 0.117. The Hall–Kier alpha value is -3.29. The summed E-state index contributed by atoms with van der Waals surface area (Å²) in [5, 5.41) is 2.38. The Morgan fingerprint density at radius 3 is 2.29 bits per heavy atom. The molecule has 1 fully saturated rings. The van der Waals surface area contributed by atoms with Crippen molar-refractivity contribution in [2.24, 2.45) is 0 Å². The summed E-state index contributed by atoms with van der Waals surface area (Å²) < 4.78 is 26.6. The van der Waals surface area contributed by atoms with Gasteiger partial charge in [0.25, 0.3) is 5.91 Å². The first kappa shape index (κ1) is 19.5. The van der Waals surface area contributed by atoms with E-state index >= 15 is 0 Å². The number of nitrogens with one attached hydrogen (secondary N) is 1. The Morgan fingerprint density at radius 1 is 1.00 bits per heavy atom. The maximum atomic E-state index is 13.6. The Kier molecular flexibility index (Phi) is 5.67. The van der Waals surface area contributed by atoms with Gasteiger partial charge in [-0.3, -0.25) is 14.4 Å². The first-order valence-corrected chi connectivity index (χ1v) is 8.82. The number of hydrogen-bond acceptors (Lipinski definition) is 3. The zero-order chi connectivity index (χ0) is 20.3. The fourth-order valence-electron chi connectivity index (χ4n) is 2.93. The van der Waals surface area contributed by atoms with E-state index in [1.807, 2.05) is 6.92 Å². The van der Waals surface area contributed by atoms with Gasteiger partial charge in [0.15, 0.2) is 0 Å². The molecule has 1 N–H and O–H groups in total. The van der Waals surface area contributed by atoms with Gasteiger partial charge in [0, 0.05) is 37.8 Å². The van der Waals surface area contributed by atoms with Crippen molar-refractivity contribution < 1.29 is 23.2 Å². The molecule has 1 saturated heterocycles. The van der Waals surface area contributed by atoms with Gasteiger partial charge in [0.1, 0.15) is 11.6 Å². The lowest BCUT2D eigenvalue weighted by atomic mass is 10.1. The van der Waals surface area contributed by atoms with Gasteiger partial charge < -0.3 is 15.1 Å². The number of carbonyl (C=O) groups is 3. The van der Waals surface area contributed by atoms with Gasteiger partial charge in [0.05, 0.1) is 5.69 Å². The summed E-state index contributed by atoms with van der Waals surface area (Å²) >= 11 is 0. The van der Waals surface area contributed by atoms with Crippen LogP contribution in [0.4, 0.5) is 14.5 Å². The lowest BCUT2D eigenvalue weighted by Crippen LogP contribution is -2.53. The summed E-state index contributed by atoms with van der Waals surface area (Å²) in [5.41, 5.74) is 0.926. The average molecular weight is 387 g/mol. The highest BCUT2D eigenvalue weighted by molar-refractivity contribution is 6.35. The van der Waals surface area contributed by atoms with Gasteiger partial charge in [-0.15, -0.1) is 0 Å². The van der Waals surface area contributed by atoms with Crippen molar-refractivity contribution in [1.29, 1.82) is 0 Å². The van der Waals surface area contributed by atoms with E-state index in [4.69, 9.17) is 0 Å². The van der Waals surface area contributed by atoms with E-state index in [0.29, 0.717) is 25.7 Å². The van der Waals surface area contributed by atoms with Crippen molar-refractivity contribution in [3.63, 3.8) is 0 Å². The highest BCUT2D eigenvalue weighted by atomic mass is 19.1. The quantitative estimate of drug-likeness (QED) is 0.801. The van der Waals surface area contributed by atoms with Crippen molar-refractivity contribution in [2.75, 3.05) is 25.0 Å². The van der Waals surface area contributed by atoms with Crippen molar-refractivity contribution >= 4 is 23.4 Å². The van der Waals surface area contributed by atoms with Crippen LogP contribution in [0.15, 0.2) is 42.5 Å². The fourth-order valence-corrected chi connectivity index (χ4v) is 2.93. The Labute approximate surface area is 160 Å². The molecule has 8 heteroatoms. The lowest BCUT2D eigenvalue weighted by Gasteiger charge is -2.33. The molecule has 3 amide bonds. The van der Waals surface area contributed by atoms with Crippen LogP contribution in [0, 0.1) is 11.6 Å². The number of carbonyl (C=O) groups excluding carboxylic acids is 3. The third kappa shape index (κ3) is 4.16. The van der Waals surface area contributed by atoms with Gasteiger partial charge in [-0.25, -0.2) is 8.78 Å². The van der Waals surface area contributed by atoms with Gasteiger partial charge in [-0.2, -0.15) is 0 Å². The number of halogens is 2. The molecule has 0 saturated carbocycles. The molecule has 0 aliphatic carbocycles. The lowest BCUT2D eigenvalue weighted by molar-refractivity contribution is -0.156. The average Bonchev–Trinajstić information content (AvgIpc) is 2.68. The van der Waals surface area contributed by atoms with Crippen molar-refractivity contribution in [3.8, 4) is 0 Å². The molecule has 1 heterocycles. The molecule has 0 unspecified atom stereocenters. The molecule has 0 atom stereocenters. The molecule has 3 rings (SSSR count). The van der Waals surface area contributed by atoms with E-state index in [0.717, 1.165) is 17.7 Å². The fraction of sp³-hybridized carbons (Fsp3) is 0.250. The van der Waals surface area contributed by atoms with Crippen LogP contribution in [-0.4, -0.2) is 47.2 Å². The second-order valence-electron chi connectivity index (χ2n) is 6.39. The summed E-state index contributed by atoms with van der Waals surface area (Å²) in [4.78, 5) is 39.3. The topological polar surface area (TPSA) is 69.7 Å². The largest absolute Gasteiger partial charge is 0.333 e. The van der Waals surface area contributed by atoms with E-state index in [9.17, 15) is 23.2 Å². The Bertz CT molecular complexity index is 915. The van der Waals surface area contributed by atoms with Gasteiger partial charge in [-0.1, -0.05) is 12.1 Å². The summed E-state index contributed by atoms with van der Waals surface area (Å²) in [6.07, 6.45) is 0. The van der Waals surface area contributed by atoms with Gasteiger partial charge in [0.2, 0.25) is 0 Å². The second-order valence-corrected chi connectivity index (χ2v) is 6.39. The van der Waals surface area contributed by atoms with Crippen LogP contribution in [0.25, 0.3) is 0 Å². The third-order valence-electron chi connectivity index (χ3n) is 4.55. The van der Waals surface area contributed by atoms with E-state index in [1.165, 1.54) is 9.80 Å². The number of likely N-dealkylation sites (N-methyl/N-ethyl adjacent to an activating group) is 1. The number of amides is 3. The van der Waals surface area contributed by atoms with Crippen LogP contribution in [0.1, 0.15) is 22.8 Å². The normalized spacial score (nSPS) is 14.4. The third-order valence-corrected chi connectivity index (χ3v) is 4.55. The van der Waals surface area contributed by atoms with Crippen LogP contribution in [0.2, 0.25) is 0 Å². The molecule has 0 radical (unpaired) electrons. The molecule has 2 aromatic rings. The van der Waals surface area contributed by atoms with Crippen molar-refractivity contribution in [1.82, 2.24) is 9.80 Å². The smallest absolute Gasteiger partial charge is 0.312 e. The zero-order valence-electron chi connectivity index (χ0n) is 15.2. The zero-order valence-corrected chi connectivity index (χ0v) is 15.2. The first-order valence-electron chi connectivity index (χ1n) is 8.82. The van der Waals surface area contributed by atoms with Crippen molar-refractivity contribution in [3.05, 3.63) is 65.2 Å².